The maximum Gasteiger partial charge on any atom is 0.226 e. The highest BCUT2D eigenvalue weighted by molar-refractivity contribution is 5.97. The van der Waals surface area contributed by atoms with Crippen LogP contribution in [0.1, 0.15) is 30.5 Å². The third-order valence-corrected chi connectivity index (χ3v) is 4.47. The van der Waals surface area contributed by atoms with Crippen LogP contribution in [0.2, 0.25) is 0 Å². The van der Waals surface area contributed by atoms with Crippen molar-refractivity contribution in [2.75, 3.05) is 11.4 Å². The molecule has 2 aromatic carbocycles. The lowest BCUT2D eigenvalue weighted by molar-refractivity contribution is -0.119. The number of hydrogen-bond acceptors (Lipinski definition) is 2. The Morgan fingerprint density at radius 2 is 1.83 bits per heavy atom. The van der Waals surface area contributed by atoms with E-state index in [1.165, 1.54) is 0 Å². The van der Waals surface area contributed by atoms with E-state index in [4.69, 9.17) is 0 Å². The predicted molar refractivity (Wildman–Crippen MR) is 97.7 cm³/mol. The summed E-state index contributed by atoms with van der Waals surface area (Å²) in [6.45, 7) is 0.801. The van der Waals surface area contributed by atoms with Gasteiger partial charge in [0, 0.05) is 18.4 Å². The molecular weight excluding hydrogens is 298 g/mol. The molecule has 1 amide bonds. The van der Waals surface area contributed by atoms with Crippen LogP contribution in [-0.2, 0) is 4.79 Å². The zero-order valence-corrected chi connectivity index (χ0v) is 13.4. The molecule has 1 aliphatic heterocycles. The molecule has 4 heteroatoms. The maximum absolute atomic E-state index is 12.2. The van der Waals surface area contributed by atoms with E-state index in [0.717, 1.165) is 47.2 Å². The Hall–Kier alpha value is -2.88. The quantitative estimate of drug-likeness (QED) is 0.785. The van der Waals surface area contributed by atoms with E-state index in [2.05, 4.69) is 16.3 Å². The predicted octanol–water partition coefficient (Wildman–Crippen LogP) is 4.25. The number of nitrogens with one attached hydrogen (secondary N) is 1. The fraction of sp³-hybridized carbons (Fsp3) is 0.200. The van der Waals surface area contributed by atoms with Crippen molar-refractivity contribution in [1.82, 2.24) is 10.2 Å². The van der Waals surface area contributed by atoms with Gasteiger partial charge in [0.1, 0.15) is 0 Å². The standard InChI is InChI=1S/C20H19N3O/c24-20-11-5-6-14-23(20)19-10-4-1-7-15(19)12-13-18-16-8-2-3-9-17(16)21-22-18/h1-4,7-10,12-13H,5-6,11,14H2,(H,21,22). The molecule has 1 fully saturated rings. The van der Waals surface area contributed by atoms with E-state index in [1.807, 2.05) is 59.5 Å². The van der Waals surface area contributed by atoms with E-state index in [0.29, 0.717) is 6.42 Å². The van der Waals surface area contributed by atoms with E-state index in [-0.39, 0.29) is 5.91 Å². The first-order valence-corrected chi connectivity index (χ1v) is 8.33. The number of benzene rings is 2. The zero-order chi connectivity index (χ0) is 16.4. The van der Waals surface area contributed by atoms with Gasteiger partial charge in [-0.3, -0.25) is 9.89 Å². The lowest BCUT2D eigenvalue weighted by Crippen LogP contribution is -2.35. The first-order chi connectivity index (χ1) is 11.8. The van der Waals surface area contributed by atoms with Crippen LogP contribution in [0.25, 0.3) is 23.1 Å². The third kappa shape index (κ3) is 2.71. The van der Waals surface area contributed by atoms with E-state index >= 15 is 0 Å². The Labute approximate surface area is 140 Å². The SMILES string of the molecule is O=C1CCCCN1c1ccccc1C=Cc1n[nH]c2ccccc12. The number of nitrogens with zero attached hydrogens (tertiary/aromatic N) is 2. The van der Waals surface area contributed by atoms with Crippen molar-refractivity contribution in [2.24, 2.45) is 0 Å². The summed E-state index contributed by atoms with van der Waals surface area (Å²) in [6.07, 6.45) is 6.74. The van der Waals surface area contributed by atoms with Gasteiger partial charge >= 0.3 is 0 Å². The van der Waals surface area contributed by atoms with Gasteiger partial charge in [-0.2, -0.15) is 5.10 Å². The van der Waals surface area contributed by atoms with Crippen molar-refractivity contribution < 1.29 is 4.79 Å². The highest BCUT2D eigenvalue weighted by Crippen LogP contribution is 2.27. The molecule has 0 saturated carbocycles. The number of hydrogen-bond donors (Lipinski definition) is 1. The molecule has 120 valence electrons. The number of aromatic nitrogens is 2. The molecule has 0 bridgehead atoms. The molecule has 4 rings (SSSR count). The number of H-pyrrole nitrogens is 1. The minimum Gasteiger partial charge on any atom is -0.312 e. The van der Waals surface area contributed by atoms with Crippen LogP contribution >= 0.6 is 0 Å². The average Bonchev–Trinajstić information content (AvgIpc) is 3.04. The van der Waals surface area contributed by atoms with Gasteiger partial charge in [-0.15, -0.1) is 0 Å². The first-order valence-electron chi connectivity index (χ1n) is 8.33. The molecule has 0 aliphatic carbocycles. The Balaban J connectivity index is 1.68. The van der Waals surface area contributed by atoms with Crippen LogP contribution in [0.3, 0.4) is 0 Å². The molecule has 1 aliphatic rings. The van der Waals surface area contributed by atoms with Gasteiger partial charge in [-0.1, -0.05) is 42.5 Å². The van der Waals surface area contributed by atoms with Crippen LogP contribution in [0.15, 0.2) is 48.5 Å². The summed E-state index contributed by atoms with van der Waals surface area (Å²) < 4.78 is 0. The molecule has 4 nitrogen and oxygen atoms in total. The molecule has 0 atom stereocenters. The maximum atomic E-state index is 12.2. The van der Waals surface area contributed by atoms with Crippen molar-refractivity contribution >= 4 is 34.6 Å². The molecule has 0 radical (unpaired) electrons. The number of anilines is 1. The third-order valence-electron chi connectivity index (χ3n) is 4.47. The number of amides is 1. The lowest BCUT2D eigenvalue weighted by atomic mass is 10.1. The summed E-state index contributed by atoms with van der Waals surface area (Å²) >= 11 is 0. The van der Waals surface area contributed by atoms with E-state index in [1.54, 1.807) is 0 Å². The van der Waals surface area contributed by atoms with Crippen LogP contribution in [0.4, 0.5) is 5.69 Å². The van der Waals surface area contributed by atoms with Gasteiger partial charge < -0.3 is 4.90 Å². The van der Waals surface area contributed by atoms with Crippen LogP contribution in [-0.4, -0.2) is 22.6 Å². The molecule has 1 aromatic heterocycles. The molecule has 1 saturated heterocycles. The summed E-state index contributed by atoms with van der Waals surface area (Å²) in [5.41, 5.74) is 3.96. The summed E-state index contributed by atoms with van der Waals surface area (Å²) in [7, 11) is 0. The largest absolute Gasteiger partial charge is 0.312 e. The van der Waals surface area contributed by atoms with Gasteiger partial charge in [0.05, 0.1) is 16.9 Å². The molecule has 3 aromatic rings. The Morgan fingerprint density at radius 3 is 2.75 bits per heavy atom. The van der Waals surface area contributed by atoms with Crippen molar-refractivity contribution in [3.8, 4) is 0 Å². The zero-order valence-electron chi connectivity index (χ0n) is 13.4. The number of rotatable bonds is 3. The molecular formula is C20H19N3O. The normalized spacial score (nSPS) is 15.5. The summed E-state index contributed by atoms with van der Waals surface area (Å²) in [5, 5.41) is 8.52. The summed E-state index contributed by atoms with van der Waals surface area (Å²) in [4.78, 5) is 14.1. The Bertz CT molecular complexity index is 910. The second-order valence-corrected chi connectivity index (χ2v) is 6.05. The number of fused-ring (bicyclic) bond motifs is 1. The average molecular weight is 317 g/mol. The van der Waals surface area contributed by atoms with E-state index in [9.17, 15) is 4.79 Å². The number of piperidine rings is 1. The molecule has 24 heavy (non-hydrogen) atoms. The highest BCUT2D eigenvalue weighted by atomic mass is 16.2. The van der Waals surface area contributed by atoms with Gasteiger partial charge in [0.15, 0.2) is 0 Å². The Kier molecular flexibility index (Phi) is 3.87. The minimum absolute atomic E-state index is 0.215. The summed E-state index contributed by atoms with van der Waals surface area (Å²) in [5.74, 6) is 0.215. The Morgan fingerprint density at radius 1 is 1.00 bits per heavy atom. The van der Waals surface area contributed by atoms with Gasteiger partial charge in [0.25, 0.3) is 0 Å². The van der Waals surface area contributed by atoms with Crippen LogP contribution in [0.5, 0.6) is 0 Å². The lowest BCUT2D eigenvalue weighted by Gasteiger charge is -2.28. The van der Waals surface area contributed by atoms with Crippen molar-refractivity contribution in [1.29, 1.82) is 0 Å². The summed E-state index contributed by atoms with van der Waals surface area (Å²) in [6, 6.07) is 16.1. The van der Waals surface area contributed by atoms with Gasteiger partial charge in [0.2, 0.25) is 5.91 Å². The van der Waals surface area contributed by atoms with Crippen molar-refractivity contribution in [3.05, 3.63) is 59.8 Å². The number of para-hydroxylation sites is 2. The van der Waals surface area contributed by atoms with Crippen molar-refractivity contribution in [3.63, 3.8) is 0 Å². The van der Waals surface area contributed by atoms with Crippen LogP contribution < -0.4 is 4.90 Å². The second kappa shape index (κ2) is 6.32. The second-order valence-electron chi connectivity index (χ2n) is 6.05. The molecule has 0 unspecified atom stereocenters. The smallest absolute Gasteiger partial charge is 0.226 e. The molecule has 2 heterocycles. The number of aromatic amines is 1. The number of carbonyl (C=O) groups is 1. The monoisotopic (exact) mass is 317 g/mol. The fourth-order valence-corrected chi connectivity index (χ4v) is 3.22. The van der Waals surface area contributed by atoms with Gasteiger partial charge in [-0.25, -0.2) is 0 Å². The van der Waals surface area contributed by atoms with Crippen LogP contribution in [0, 0.1) is 0 Å². The molecule has 1 N–H and O–H groups in total. The molecule has 0 spiro atoms. The first kappa shape index (κ1) is 14.7. The topological polar surface area (TPSA) is 49.0 Å². The number of carbonyl (C=O) groups excluding carboxylic acids is 1. The van der Waals surface area contributed by atoms with Crippen molar-refractivity contribution in [2.45, 2.75) is 19.3 Å². The van der Waals surface area contributed by atoms with Gasteiger partial charge in [-0.05, 0) is 36.6 Å². The highest BCUT2D eigenvalue weighted by Gasteiger charge is 2.20. The van der Waals surface area contributed by atoms with E-state index < -0.39 is 0 Å². The minimum atomic E-state index is 0.215. The fourth-order valence-electron chi connectivity index (χ4n) is 3.22.